The van der Waals surface area contributed by atoms with Gasteiger partial charge in [0.1, 0.15) is 0 Å². The van der Waals surface area contributed by atoms with Crippen molar-refractivity contribution in [3.63, 3.8) is 0 Å². The monoisotopic (exact) mass is 379 g/mol. The van der Waals surface area contributed by atoms with Crippen LogP contribution in [0.2, 0.25) is 0 Å². The van der Waals surface area contributed by atoms with Crippen LogP contribution in [0.1, 0.15) is 43.0 Å². The molecule has 1 fully saturated rings. The molecule has 0 aliphatic carbocycles. The van der Waals surface area contributed by atoms with Gasteiger partial charge in [0.15, 0.2) is 0 Å². The molecule has 8 heteroatoms. The molecule has 140 valence electrons. The third-order valence-electron chi connectivity index (χ3n) is 3.83. The van der Waals surface area contributed by atoms with E-state index in [4.69, 9.17) is 9.84 Å². The first-order valence-electron chi connectivity index (χ1n) is 8.41. The van der Waals surface area contributed by atoms with E-state index in [1.165, 1.54) is 36.0 Å². The van der Waals surface area contributed by atoms with Gasteiger partial charge in [0.25, 0.3) is 0 Å². The summed E-state index contributed by atoms with van der Waals surface area (Å²) in [5.74, 6) is -1.79. The lowest BCUT2D eigenvalue weighted by molar-refractivity contribution is -0.136. The molecule has 1 aromatic rings. The number of unbranched alkanes of at least 4 members (excludes halogenated alkanes) is 1. The van der Waals surface area contributed by atoms with E-state index < -0.39 is 17.2 Å². The van der Waals surface area contributed by atoms with Crippen molar-refractivity contribution in [1.29, 1.82) is 0 Å². The number of ether oxygens (including phenoxy) is 1. The number of nitrogens with zero attached hydrogens (tertiary/aromatic N) is 1. The first-order valence-corrected chi connectivity index (χ1v) is 9.46. The lowest BCUT2D eigenvalue weighted by Gasteiger charge is -2.15. The van der Waals surface area contributed by atoms with E-state index in [0.717, 1.165) is 17.7 Å². The molecular formula is C18H21NO6S. The highest BCUT2D eigenvalue weighted by Gasteiger charge is 2.39. The number of hydrogen-bond donors (Lipinski definition) is 1. The summed E-state index contributed by atoms with van der Waals surface area (Å²) in [6, 6.07) is 6.12. The van der Waals surface area contributed by atoms with Gasteiger partial charge in [-0.1, -0.05) is 13.3 Å². The molecule has 0 spiro atoms. The minimum absolute atomic E-state index is 0.0456. The number of amides is 2. The summed E-state index contributed by atoms with van der Waals surface area (Å²) in [6.07, 6.45) is 1.71. The van der Waals surface area contributed by atoms with E-state index in [-0.39, 0.29) is 30.4 Å². The van der Waals surface area contributed by atoms with Crippen LogP contribution in [0.4, 0.5) is 5.69 Å². The van der Waals surface area contributed by atoms with Gasteiger partial charge < -0.3 is 9.84 Å². The van der Waals surface area contributed by atoms with Gasteiger partial charge in [0.05, 0.1) is 29.5 Å². The molecule has 1 heterocycles. The van der Waals surface area contributed by atoms with Gasteiger partial charge in [0, 0.05) is 12.2 Å². The van der Waals surface area contributed by atoms with Crippen molar-refractivity contribution in [3.8, 4) is 0 Å². The predicted octanol–water partition coefficient (Wildman–Crippen LogP) is 2.48. The highest BCUT2D eigenvalue weighted by molar-refractivity contribution is 8.00. The van der Waals surface area contributed by atoms with Crippen LogP contribution in [-0.2, 0) is 19.1 Å². The molecule has 7 nitrogen and oxygen atoms in total. The molecule has 0 bridgehead atoms. The smallest absolute Gasteiger partial charge is 0.338 e. The maximum atomic E-state index is 12.4. The second-order valence-corrected chi connectivity index (χ2v) is 7.12. The average molecular weight is 379 g/mol. The van der Waals surface area contributed by atoms with Crippen LogP contribution in [0.25, 0.3) is 0 Å². The van der Waals surface area contributed by atoms with E-state index in [0.29, 0.717) is 17.9 Å². The minimum atomic E-state index is -0.937. The first kappa shape index (κ1) is 20.0. The van der Waals surface area contributed by atoms with Gasteiger partial charge >= 0.3 is 11.9 Å². The second-order valence-electron chi connectivity index (χ2n) is 5.81. The second kappa shape index (κ2) is 9.38. The summed E-state index contributed by atoms with van der Waals surface area (Å²) in [4.78, 5) is 48.1. The molecular weight excluding hydrogens is 358 g/mol. The number of hydrogen-bond acceptors (Lipinski definition) is 6. The van der Waals surface area contributed by atoms with Crippen molar-refractivity contribution in [2.24, 2.45) is 0 Å². The van der Waals surface area contributed by atoms with Crippen LogP contribution in [-0.4, -0.2) is 46.5 Å². The zero-order chi connectivity index (χ0) is 19.1. The Balaban J connectivity index is 1.99. The molecule has 0 radical (unpaired) electrons. The normalized spacial score (nSPS) is 16.8. The number of rotatable bonds is 9. The predicted molar refractivity (Wildman–Crippen MR) is 97.2 cm³/mol. The number of carbonyl (C=O) groups is 4. The Bertz CT molecular complexity index is 687. The Labute approximate surface area is 155 Å². The largest absolute Gasteiger partial charge is 0.481 e. The summed E-state index contributed by atoms with van der Waals surface area (Å²) < 4.78 is 5.12. The summed E-state index contributed by atoms with van der Waals surface area (Å²) in [7, 11) is 0. The molecule has 2 rings (SSSR count). The SMILES string of the molecule is CCCCOC(=O)c1ccc(N2C(=O)CC(SCCC(=O)O)C2=O)cc1. The van der Waals surface area contributed by atoms with E-state index in [1.807, 2.05) is 6.92 Å². The highest BCUT2D eigenvalue weighted by atomic mass is 32.2. The fourth-order valence-electron chi connectivity index (χ4n) is 2.43. The quantitative estimate of drug-likeness (QED) is 0.399. The van der Waals surface area contributed by atoms with E-state index >= 15 is 0 Å². The Kier molecular flexibility index (Phi) is 7.20. The van der Waals surface area contributed by atoms with Crippen molar-refractivity contribution in [2.45, 2.75) is 37.9 Å². The number of carbonyl (C=O) groups excluding carboxylic acids is 3. The van der Waals surface area contributed by atoms with Crippen molar-refractivity contribution in [3.05, 3.63) is 29.8 Å². The molecule has 1 aliphatic heterocycles. The van der Waals surface area contributed by atoms with Crippen molar-refractivity contribution in [1.82, 2.24) is 0 Å². The van der Waals surface area contributed by atoms with E-state index in [1.54, 1.807) is 0 Å². The Morgan fingerprint density at radius 3 is 2.58 bits per heavy atom. The fourth-order valence-corrected chi connectivity index (χ4v) is 3.52. The molecule has 1 unspecified atom stereocenters. The summed E-state index contributed by atoms with van der Waals surface area (Å²) >= 11 is 1.17. The number of anilines is 1. The maximum absolute atomic E-state index is 12.4. The molecule has 0 aromatic heterocycles. The lowest BCUT2D eigenvalue weighted by atomic mass is 10.2. The van der Waals surface area contributed by atoms with Crippen molar-refractivity contribution >= 4 is 41.2 Å². The number of thioether (sulfide) groups is 1. The number of esters is 1. The Hall–Kier alpha value is -2.35. The van der Waals surface area contributed by atoms with Gasteiger partial charge in [-0.05, 0) is 30.7 Å². The zero-order valence-corrected chi connectivity index (χ0v) is 15.3. The van der Waals surface area contributed by atoms with Gasteiger partial charge in [-0.2, -0.15) is 0 Å². The zero-order valence-electron chi connectivity index (χ0n) is 14.5. The van der Waals surface area contributed by atoms with E-state index in [2.05, 4.69) is 0 Å². The molecule has 26 heavy (non-hydrogen) atoms. The van der Waals surface area contributed by atoms with Crippen molar-refractivity contribution < 1.29 is 29.0 Å². The first-order chi connectivity index (χ1) is 12.4. The topological polar surface area (TPSA) is 101 Å². The highest BCUT2D eigenvalue weighted by Crippen LogP contribution is 2.30. The summed E-state index contributed by atoms with van der Waals surface area (Å²) in [6.45, 7) is 2.36. The van der Waals surface area contributed by atoms with E-state index in [9.17, 15) is 19.2 Å². The minimum Gasteiger partial charge on any atom is -0.481 e. The fraction of sp³-hybridized carbons (Fsp3) is 0.444. The van der Waals surface area contributed by atoms with Gasteiger partial charge in [0.2, 0.25) is 11.8 Å². The van der Waals surface area contributed by atoms with Crippen LogP contribution in [0.15, 0.2) is 24.3 Å². The number of carboxylic acids is 1. The Morgan fingerprint density at radius 2 is 1.96 bits per heavy atom. The molecule has 0 saturated carbocycles. The van der Waals surface area contributed by atoms with Crippen LogP contribution in [0.3, 0.4) is 0 Å². The number of aliphatic carboxylic acids is 1. The number of imide groups is 1. The molecule has 1 aliphatic rings. The summed E-state index contributed by atoms with van der Waals surface area (Å²) in [5, 5.41) is 8.09. The Morgan fingerprint density at radius 1 is 1.27 bits per heavy atom. The number of benzene rings is 1. The molecule has 2 amide bonds. The van der Waals surface area contributed by atoms with Gasteiger partial charge in [-0.25, -0.2) is 9.69 Å². The molecule has 1 atom stereocenters. The van der Waals surface area contributed by atoms with Crippen LogP contribution < -0.4 is 4.90 Å². The molecule has 1 saturated heterocycles. The average Bonchev–Trinajstić information content (AvgIpc) is 2.89. The standard InChI is InChI=1S/C18H21NO6S/c1-2-3-9-25-18(24)12-4-6-13(7-5-12)19-15(20)11-14(17(19)23)26-10-8-16(21)22/h4-7,14H,2-3,8-11H2,1H3,(H,21,22). The van der Waals surface area contributed by atoms with Crippen LogP contribution in [0.5, 0.6) is 0 Å². The van der Waals surface area contributed by atoms with Crippen LogP contribution in [0, 0.1) is 0 Å². The van der Waals surface area contributed by atoms with Crippen molar-refractivity contribution in [2.75, 3.05) is 17.3 Å². The summed E-state index contributed by atoms with van der Waals surface area (Å²) in [5.41, 5.74) is 0.753. The third kappa shape index (κ3) is 5.08. The molecule has 1 N–H and O–H groups in total. The van der Waals surface area contributed by atoms with Crippen LogP contribution >= 0.6 is 11.8 Å². The lowest BCUT2D eigenvalue weighted by Crippen LogP contribution is -2.31. The maximum Gasteiger partial charge on any atom is 0.338 e. The third-order valence-corrected chi connectivity index (χ3v) is 5.04. The van der Waals surface area contributed by atoms with Gasteiger partial charge in [-0.3, -0.25) is 14.4 Å². The molecule has 1 aromatic carbocycles. The number of carboxylic acid groups (broad SMARTS) is 1. The van der Waals surface area contributed by atoms with Gasteiger partial charge in [-0.15, -0.1) is 11.8 Å².